The molecule has 8 nitrogen and oxygen atoms in total. The average molecular weight is 392 g/mol. The van der Waals surface area contributed by atoms with E-state index in [0.717, 1.165) is 10.6 Å². The molecule has 0 atom stereocenters. The van der Waals surface area contributed by atoms with E-state index in [2.05, 4.69) is 4.72 Å². The van der Waals surface area contributed by atoms with Gasteiger partial charge in [0.15, 0.2) is 11.5 Å². The number of fused-ring (bicyclic) bond motifs is 1. The number of carbonyl (C=O) groups is 1. The first-order valence-electron chi connectivity index (χ1n) is 8.13. The van der Waals surface area contributed by atoms with Gasteiger partial charge in [-0.1, -0.05) is 12.1 Å². The zero-order valence-electron chi connectivity index (χ0n) is 15.2. The molecular weight excluding hydrogens is 372 g/mol. The van der Waals surface area contributed by atoms with Gasteiger partial charge in [0.05, 0.1) is 12.0 Å². The molecule has 0 radical (unpaired) electrons. The molecule has 1 heterocycles. The van der Waals surface area contributed by atoms with Gasteiger partial charge in [-0.25, -0.2) is 18.2 Å². The Kier molecular flexibility index (Phi) is 5.36. The summed E-state index contributed by atoms with van der Waals surface area (Å²) < 4.78 is 38.3. The van der Waals surface area contributed by atoms with Crippen LogP contribution in [0.15, 0.2) is 41.3 Å². The first-order chi connectivity index (χ1) is 12.8. The van der Waals surface area contributed by atoms with Crippen LogP contribution in [0.1, 0.15) is 21.5 Å². The van der Waals surface area contributed by atoms with Crippen molar-refractivity contribution >= 4 is 15.9 Å². The maximum atomic E-state index is 12.6. The minimum Gasteiger partial charge on any atom is -0.454 e. The third-order valence-corrected chi connectivity index (χ3v) is 5.61. The molecule has 1 amide bonds. The van der Waals surface area contributed by atoms with Gasteiger partial charge in [0, 0.05) is 19.2 Å². The minimum absolute atomic E-state index is 0.00157. The van der Waals surface area contributed by atoms with E-state index in [1.165, 1.54) is 26.3 Å². The fourth-order valence-electron chi connectivity index (χ4n) is 2.56. The number of carbonyl (C=O) groups excluding carboxylic acids is 1. The number of hydroxylamine groups is 2. The van der Waals surface area contributed by atoms with Crippen LogP contribution < -0.4 is 14.2 Å². The zero-order chi connectivity index (χ0) is 19.6. The highest BCUT2D eigenvalue weighted by molar-refractivity contribution is 7.89. The highest BCUT2D eigenvalue weighted by atomic mass is 32.2. The van der Waals surface area contributed by atoms with Gasteiger partial charge >= 0.3 is 0 Å². The molecule has 2 aromatic carbocycles. The SMILES string of the molecule is CON(C)C(=O)c1cc(S(=O)(=O)NCc2ccc3c(c2)OCO3)ccc1C. The van der Waals surface area contributed by atoms with Gasteiger partial charge < -0.3 is 9.47 Å². The summed E-state index contributed by atoms with van der Waals surface area (Å²) >= 11 is 0. The van der Waals surface area contributed by atoms with E-state index in [0.29, 0.717) is 17.1 Å². The Hall–Kier alpha value is -2.62. The van der Waals surface area contributed by atoms with Crippen LogP contribution in [0.25, 0.3) is 0 Å². The Balaban J connectivity index is 1.79. The van der Waals surface area contributed by atoms with E-state index < -0.39 is 15.9 Å². The molecule has 2 aromatic rings. The molecule has 1 aliphatic heterocycles. The van der Waals surface area contributed by atoms with Crippen LogP contribution in [0.3, 0.4) is 0 Å². The van der Waals surface area contributed by atoms with Crippen molar-refractivity contribution in [1.29, 1.82) is 0 Å². The summed E-state index contributed by atoms with van der Waals surface area (Å²) in [5, 5.41) is 1.04. The van der Waals surface area contributed by atoms with Gasteiger partial charge in [-0.3, -0.25) is 9.63 Å². The molecule has 9 heteroatoms. The number of ether oxygens (including phenoxy) is 2. The van der Waals surface area contributed by atoms with Crippen LogP contribution >= 0.6 is 0 Å². The first-order valence-corrected chi connectivity index (χ1v) is 9.61. The van der Waals surface area contributed by atoms with Crippen molar-refractivity contribution in [1.82, 2.24) is 9.79 Å². The maximum absolute atomic E-state index is 12.6. The molecule has 0 aromatic heterocycles. The second-order valence-corrected chi connectivity index (χ2v) is 7.74. The maximum Gasteiger partial charge on any atom is 0.277 e. The lowest BCUT2D eigenvalue weighted by atomic mass is 10.1. The van der Waals surface area contributed by atoms with Crippen molar-refractivity contribution in [3.05, 3.63) is 53.1 Å². The normalized spacial score (nSPS) is 12.9. The Morgan fingerprint density at radius 2 is 1.93 bits per heavy atom. The number of aryl methyl sites for hydroxylation is 1. The smallest absolute Gasteiger partial charge is 0.277 e. The fourth-order valence-corrected chi connectivity index (χ4v) is 3.61. The molecule has 0 saturated carbocycles. The van der Waals surface area contributed by atoms with Gasteiger partial charge in [0.2, 0.25) is 16.8 Å². The molecule has 0 spiro atoms. The third kappa shape index (κ3) is 4.05. The predicted octanol–water partition coefficient (Wildman–Crippen LogP) is 1.84. The van der Waals surface area contributed by atoms with Crippen molar-refractivity contribution in [2.24, 2.45) is 0 Å². The molecule has 0 saturated heterocycles. The van der Waals surface area contributed by atoms with E-state index in [1.54, 1.807) is 31.2 Å². The lowest BCUT2D eigenvalue weighted by Crippen LogP contribution is -2.27. The number of hydrogen-bond acceptors (Lipinski definition) is 6. The highest BCUT2D eigenvalue weighted by Crippen LogP contribution is 2.32. The first kappa shape index (κ1) is 19.2. The van der Waals surface area contributed by atoms with Crippen LogP contribution in [0.5, 0.6) is 11.5 Å². The summed E-state index contributed by atoms with van der Waals surface area (Å²) in [6.45, 7) is 1.96. The molecule has 0 bridgehead atoms. The molecule has 0 aliphatic carbocycles. The molecule has 1 aliphatic rings. The molecular formula is C18H20N2O6S. The van der Waals surface area contributed by atoms with Crippen LogP contribution in [0, 0.1) is 6.92 Å². The van der Waals surface area contributed by atoms with Crippen LogP contribution in [0.2, 0.25) is 0 Å². The van der Waals surface area contributed by atoms with E-state index in [1.807, 2.05) is 0 Å². The Morgan fingerprint density at radius 3 is 2.67 bits per heavy atom. The number of nitrogens with zero attached hydrogens (tertiary/aromatic N) is 1. The molecule has 0 unspecified atom stereocenters. The molecule has 1 N–H and O–H groups in total. The van der Waals surface area contributed by atoms with Gasteiger partial charge in [-0.2, -0.15) is 0 Å². The van der Waals surface area contributed by atoms with Crippen LogP contribution in [-0.2, 0) is 21.4 Å². The standard InChI is InChI=1S/C18H20N2O6S/c1-12-4-6-14(9-15(12)18(21)20(2)24-3)27(22,23)19-10-13-5-7-16-17(8-13)26-11-25-16/h4-9,19H,10-11H2,1-3H3. The topological polar surface area (TPSA) is 94.2 Å². The molecule has 0 fully saturated rings. The summed E-state index contributed by atoms with van der Waals surface area (Å²) in [5.41, 5.74) is 1.63. The van der Waals surface area contributed by atoms with Gasteiger partial charge in [0.1, 0.15) is 0 Å². The summed E-state index contributed by atoms with van der Waals surface area (Å²) in [6.07, 6.45) is 0. The van der Waals surface area contributed by atoms with Gasteiger partial charge in [-0.05, 0) is 42.3 Å². The summed E-state index contributed by atoms with van der Waals surface area (Å²) in [6, 6.07) is 9.60. The van der Waals surface area contributed by atoms with E-state index in [4.69, 9.17) is 14.3 Å². The van der Waals surface area contributed by atoms with Crippen molar-refractivity contribution < 1.29 is 27.5 Å². The largest absolute Gasteiger partial charge is 0.454 e. The number of benzene rings is 2. The second kappa shape index (κ2) is 7.55. The van der Waals surface area contributed by atoms with Crippen LogP contribution in [0.4, 0.5) is 0 Å². The average Bonchev–Trinajstić information content (AvgIpc) is 3.13. The van der Waals surface area contributed by atoms with Crippen molar-refractivity contribution in [3.8, 4) is 11.5 Å². The van der Waals surface area contributed by atoms with E-state index in [9.17, 15) is 13.2 Å². The van der Waals surface area contributed by atoms with E-state index in [-0.39, 0.29) is 23.8 Å². The number of amides is 1. The molecule has 27 heavy (non-hydrogen) atoms. The van der Waals surface area contributed by atoms with Crippen LogP contribution in [-0.4, -0.2) is 40.3 Å². The molecule has 3 rings (SSSR count). The lowest BCUT2D eigenvalue weighted by molar-refractivity contribution is -0.0757. The summed E-state index contributed by atoms with van der Waals surface area (Å²) in [4.78, 5) is 17.2. The van der Waals surface area contributed by atoms with E-state index >= 15 is 0 Å². The van der Waals surface area contributed by atoms with Gasteiger partial charge in [0.25, 0.3) is 5.91 Å². The summed E-state index contributed by atoms with van der Waals surface area (Å²) in [7, 11) is -0.990. The monoisotopic (exact) mass is 392 g/mol. The number of sulfonamides is 1. The number of nitrogens with one attached hydrogen (secondary N) is 1. The Labute approximate surface area is 157 Å². The highest BCUT2D eigenvalue weighted by Gasteiger charge is 2.20. The number of hydrogen-bond donors (Lipinski definition) is 1. The minimum atomic E-state index is -3.81. The second-order valence-electron chi connectivity index (χ2n) is 5.97. The fraction of sp³-hybridized carbons (Fsp3) is 0.278. The Bertz CT molecular complexity index is 974. The quantitative estimate of drug-likeness (QED) is 0.754. The predicted molar refractivity (Wildman–Crippen MR) is 96.9 cm³/mol. The van der Waals surface area contributed by atoms with Crippen molar-refractivity contribution in [2.75, 3.05) is 21.0 Å². The third-order valence-electron chi connectivity index (χ3n) is 4.21. The lowest BCUT2D eigenvalue weighted by Gasteiger charge is -2.16. The van der Waals surface area contributed by atoms with Gasteiger partial charge in [-0.15, -0.1) is 0 Å². The van der Waals surface area contributed by atoms with Crippen molar-refractivity contribution in [3.63, 3.8) is 0 Å². The summed E-state index contributed by atoms with van der Waals surface area (Å²) in [5.74, 6) is 0.783. The van der Waals surface area contributed by atoms with Crippen molar-refractivity contribution in [2.45, 2.75) is 18.4 Å². The zero-order valence-corrected chi connectivity index (χ0v) is 16.0. The Morgan fingerprint density at radius 1 is 1.19 bits per heavy atom. The molecule has 144 valence electrons. The number of rotatable bonds is 6.